The predicted octanol–water partition coefficient (Wildman–Crippen LogP) is 4.23. The minimum atomic E-state index is -0.616. The number of carbonyl (C=O) groups excluding carboxylic acids is 2. The topological polar surface area (TPSA) is 61.4 Å². The standard InChI is InChI=1S/C24H33N3O2/c1-6-27(7-2)16-19-11-9-13-21(15-19)25-24(29)22(17(3)4)26-23(28)20-12-8-10-18(5)14-20/h8-15,17,22H,6-7,16H2,1-5H3,(H,25,29)(H,26,28). The summed E-state index contributed by atoms with van der Waals surface area (Å²) < 4.78 is 0. The fourth-order valence-corrected chi connectivity index (χ4v) is 3.22. The van der Waals surface area contributed by atoms with Crippen LogP contribution in [0.15, 0.2) is 48.5 Å². The van der Waals surface area contributed by atoms with Crippen LogP contribution in [-0.2, 0) is 11.3 Å². The maximum atomic E-state index is 12.9. The van der Waals surface area contributed by atoms with Crippen LogP contribution < -0.4 is 10.6 Å². The lowest BCUT2D eigenvalue weighted by Crippen LogP contribution is -2.47. The summed E-state index contributed by atoms with van der Waals surface area (Å²) in [5.41, 5.74) is 3.46. The van der Waals surface area contributed by atoms with Gasteiger partial charge in [0.25, 0.3) is 5.91 Å². The average Bonchev–Trinajstić information content (AvgIpc) is 2.70. The van der Waals surface area contributed by atoms with Gasteiger partial charge in [-0.25, -0.2) is 0 Å². The highest BCUT2D eigenvalue weighted by Gasteiger charge is 2.25. The van der Waals surface area contributed by atoms with Crippen LogP contribution in [0.1, 0.15) is 49.2 Å². The Morgan fingerprint density at radius 3 is 2.31 bits per heavy atom. The van der Waals surface area contributed by atoms with Crippen LogP contribution in [0.2, 0.25) is 0 Å². The zero-order valence-corrected chi connectivity index (χ0v) is 18.2. The minimum absolute atomic E-state index is 0.0392. The summed E-state index contributed by atoms with van der Waals surface area (Å²) in [5, 5.41) is 5.85. The molecule has 0 aliphatic carbocycles. The SMILES string of the molecule is CCN(CC)Cc1cccc(NC(=O)C(NC(=O)c2cccc(C)c2)C(C)C)c1. The molecule has 5 heteroatoms. The average molecular weight is 396 g/mol. The molecule has 2 rings (SSSR count). The van der Waals surface area contributed by atoms with Crippen LogP contribution in [0.4, 0.5) is 5.69 Å². The van der Waals surface area contributed by atoms with E-state index in [1.165, 1.54) is 0 Å². The molecule has 2 N–H and O–H groups in total. The summed E-state index contributed by atoms with van der Waals surface area (Å²) >= 11 is 0. The zero-order chi connectivity index (χ0) is 21.4. The van der Waals surface area contributed by atoms with Crippen molar-refractivity contribution in [2.24, 2.45) is 5.92 Å². The third-order valence-corrected chi connectivity index (χ3v) is 5.01. The molecule has 0 saturated heterocycles. The molecule has 0 heterocycles. The van der Waals surface area contributed by atoms with Gasteiger partial charge in [-0.15, -0.1) is 0 Å². The second kappa shape index (κ2) is 10.8. The Bertz CT molecular complexity index is 828. The smallest absolute Gasteiger partial charge is 0.251 e. The lowest BCUT2D eigenvalue weighted by molar-refractivity contribution is -0.118. The van der Waals surface area contributed by atoms with E-state index in [9.17, 15) is 9.59 Å². The maximum absolute atomic E-state index is 12.9. The second-order valence-corrected chi connectivity index (χ2v) is 7.72. The highest BCUT2D eigenvalue weighted by Crippen LogP contribution is 2.15. The van der Waals surface area contributed by atoms with Gasteiger partial charge in [0.05, 0.1) is 0 Å². The van der Waals surface area contributed by atoms with Crippen LogP contribution in [0.5, 0.6) is 0 Å². The van der Waals surface area contributed by atoms with Gasteiger partial charge >= 0.3 is 0 Å². The van der Waals surface area contributed by atoms with Crippen LogP contribution in [0.25, 0.3) is 0 Å². The molecule has 0 saturated carbocycles. The monoisotopic (exact) mass is 395 g/mol. The van der Waals surface area contributed by atoms with Crippen molar-refractivity contribution in [1.82, 2.24) is 10.2 Å². The molecule has 29 heavy (non-hydrogen) atoms. The van der Waals surface area contributed by atoms with Crippen LogP contribution in [0, 0.1) is 12.8 Å². The van der Waals surface area contributed by atoms with E-state index in [-0.39, 0.29) is 17.7 Å². The number of nitrogens with zero attached hydrogens (tertiary/aromatic N) is 1. The number of nitrogens with one attached hydrogen (secondary N) is 2. The van der Waals surface area contributed by atoms with Crippen molar-refractivity contribution in [3.8, 4) is 0 Å². The first-order valence-corrected chi connectivity index (χ1v) is 10.3. The first-order valence-electron chi connectivity index (χ1n) is 10.3. The maximum Gasteiger partial charge on any atom is 0.251 e. The molecule has 1 unspecified atom stereocenters. The fourth-order valence-electron chi connectivity index (χ4n) is 3.22. The molecule has 2 aromatic rings. The van der Waals surface area contributed by atoms with Gasteiger partial charge in [0.15, 0.2) is 0 Å². The van der Waals surface area contributed by atoms with Crippen molar-refractivity contribution in [3.05, 3.63) is 65.2 Å². The van der Waals surface area contributed by atoms with Crippen molar-refractivity contribution < 1.29 is 9.59 Å². The number of hydrogen-bond acceptors (Lipinski definition) is 3. The van der Waals surface area contributed by atoms with Gasteiger partial charge in [-0.3, -0.25) is 14.5 Å². The van der Waals surface area contributed by atoms with Crippen molar-refractivity contribution in [2.45, 2.75) is 47.2 Å². The van der Waals surface area contributed by atoms with Crippen molar-refractivity contribution >= 4 is 17.5 Å². The number of carbonyl (C=O) groups is 2. The van der Waals surface area contributed by atoms with Crippen molar-refractivity contribution in [3.63, 3.8) is 0 Å². The quantitative estimate of drug-likeness (QED) is 0.668. The van der Waals surface area contributed by atoms with Gasteiger partial charge in [-0.1, -0.05) is 57.5 Å². The minimum Gasteiger partial charge on any atom is -0.340 e. The Balaban J connectivity index is 2.09. The van der Waals surface area contributed by atoms with Crippen LogP contribution >= 0.6 is 0 Å². The van der Waals surface area contributed by atoms with E-state index in [1.807, 2.05) is 57.2 Å². The normalized spacial score (nSPS) is 12.1. The molecule has 5 nitrogen and oxygen atoms in total. The molecule has 1 atom stereocenters. The number of benzene rings is 2. The van der Waals surface area contributed by atoms with E-state index in [4.69, 9.17) is 0 Å². The molecule has 2 amide bonds. The first-order chi connectivity index (χ1) is 13.8. The van der Waals surface area contributed by atoms with E-state index >= 15 is 0 Å². The molecule has 0 aliphatic rings. The Morgan fingerprint density at radius 2 is 1.69 bits per heavy atom. The Morgan fingerprint density at radius 1 is 1.00 bits per heavy atom. The Labute approximate surface area is 174 Å². The lowest BCUT2D eigenvalue weighted by atomic mass is 10.0. The second-order valence-electron chi connectivity index (χ2n) is 7.72. The van der Waals surface area contributed by atoms with E-state index in [0.29, 0.717) is 5.56 Å². The van der Waals surface area contributed by atoms with E-state index in [0.717, 1.165) is 36.4 Å². The predicted molar refractivity (Wildman–Crippen MR) is 119 cm³/mol. The van der Waals surface area contributed by atoms with E-state index in [1.54, 1.807) is 6.07 Å². The zero-order valence-electron chi connectivity index (χ0n) is 18.2. The third kappa shape index (κ3) is 6.71. The number of rotatable bonds is 9. The number of anilines is 1. The number of amides is 2. The molecule has 0 aliphatic heterocycles. The highest BCUT2D eigenvalue weighted by atomic mass is 16.2. The lowest BCUT2D eigenvalue weighted by Gasteiger charge is -2.22. The van der Waals surface area contributed by atoms with Crippen molar-refractivity contribution in [1.29, 1.82) is 0 Å². The molecule has 156 valence electrons. The fraction of sp³-hybridized carbons (Fsp3) is 0.417. The van der Waals surface area contributed by atoms with E-state index < -0.39 is 6.04 Å². The first kappa shape index (κ1) is 22.6. The van der Waals surface area contributed by atoms with Gasteiger partial charge in [0.1, 0.15) is 6.04 Å². The van der Waals surface area contributed by atoms with Gasteiger partial charge in [0, 0.05) is 17.8 Å². The summed E-state index contributed by atoms with van der Waals surface area (Å²) in [6, 6.07) is 14.6. The molecular weight excluding hydrogens is 362 g/mol. The van der Waals surface area contributed by atoms with Crippen LogP contribution in [0.3, 0.4) is 0 Å². The molecule has 0 bridgehead atoms. The van der Waals surface area contributed by atoms with E-state index in [2.05, 4.69) is 35.4 Å². The summed E-state index contributed by atoms with van der Waals surface area (Å²) in [5.74, 6) is -0.485. The molecular formula is C24H33N3O2. The van der Waals surface area contributed by atoms with Gasteiger partial charge in [-0.2, -0.15) is 0 Å². The summed E-state index contributed by atoms with van der Waals surface area (Å²) in [6.07, 6.45) is 0. The Kier molecular flexibility index (Phi) is 8.40. The largest absolute Gasteiger partial charge is 0.340 e. The summed E-state index contributed by atoms with van der Waals surface area (Å²) in [7, 11) is 0. The number of aryl methyl sites for hydroxylation is 1. The molecule has 0 spiro atoms. The number of hydrogen-bond donors (Lipinski definition) is 2. The van der Waals surface area contributed by atoms with Crippen molar-refractivity contribution in [2.75, 3.05) is 18.4 Å². The van der Waals surface area contributed by atoms with Gasteiger partial charge < -0.3 is 10.6 Å². The molecule has 0 aromatic heterocycles. The summed E-state index contributed by atoms with van der Waals surface area (Å²) in [6.45, 7) is 12.9. The van der Waals surface area contributed by atoms with Gasteiger partial charge in [-0.05, 0) is 55.8 Å². The molecule has 0 radical (unpaired) electrons. The summed E-state index contributed by atoms with van der Waals surface area (Å²) in [4.78, 5) is 27.8. The molecule has 2 aromatic carbocycles. The molecule has 0 fully saturated rings. The van der Waals surface area contributed by atoms with Crippen LogP contribution in [-0.4, -0.2) is 35.8 Å². The van der Waals surface area contributed by atoms with Gasteiger partial charge in [0.2, 0.25) is 5.91 Å². The third-order valence-electron chi connectivity index (χ3n) is 5.01. The Hall–Kier alpha value is -2.66. The highest BCUT2D eigenvalue weighted by molar-refractivity contribution is 6.01.